The Morgan fingerprint density at radius 1 is 1.39 bits per heavy atom. The Labute approximate surface area is 109 Å². The highest BCUT2D eigenvalue weighted by atomic mass is 16.5. The average molecular weight is 253 g/mol. The van der Waals surface area contributed by atoms with Gasteiger partial charge in [0.05, 0.1) is 6.61 Å². The average Bonchev–Trinajstić information content (AvgIpc) is 2.34. The second kappa shape index (κ2) is 7.95. The number of ether oxygens (including phenoxy) is 1. The fourth-order valence-electron chi connectivity index (χ4n) is 1.72. The van der Waals surface area contributed by atoms with Crippen LogP contribution in [0, 0.1) is 5.92 Å². The van der Waals surface area contributed by atoms with E-state index in [0.29, 0.717) is 18.3 Å². The van der Waals surface area contributed by atoms with E-state index in [0.717, 1.165) is 25.1 Å². The smallest absolute Gasteiger partial charge is 0.161 e. The molecule has 4 heteroatoms. The van der Waals surface area contributed by atoms with Crippen molar-refractivity contribution in [1.29, 1.82) is 0 Å². The van der Waals surface area contributed by atoms with Gasteiger partial charge in [-0.1, -0.05) is 13.0 Å². The minimum Gasteiger partial charge on any atom is -0.504 e. The molecule has 3 N–H and O–H groups in total. The lowest BCUT2D eigenvalue weighted by atomic mass is 10.1. The fraction of sp³-hybridized carbons (Fsp3) is 0.571. The zero-order valence-electron chi connectivity index (χ0n) is 11.1. The highest BCUT2D eigenvalue weighted by Crippen LogP contribution is 2.26. The molecule has 0 heterocycles. The van der Waals surface area contributed by atoms with E-state index in [1.54, 1.807) is 6.07 Å². The number of aromatic hydroxyl groups is 1. The van der Waals surface area contributed by atoms with E-state index in [4.69, 9.17) is 9.84 Å². The first kappa shape index (κ1) is 14.8. The van der Waals surface area contributed by atoms with Gasteiger partial charge in [-0.15, -0.1) is 0 Å². The number of phenols is 1. The second-order valence-electron chi connectivity index (χ2n) is 4.48. The van der Waals surface area contributed by atoms with Crippen LogP contribution in [0.5, 0.6) is 11.5 Å². The summed E-state index contributed by atoms with van der Waals surface area (Å²) in [6.07, 6.45) is 0.812. The largest absolute Gasteiger partial charge is 0.504 e. The van der Waals surface area contributed by atoms with Crippen molar-refractivity contribution in [3.8, 4) is 11.5 Å². The van der Waals surface area contributed by atoms with Crippen molar-refractivity contribution in [3.63, 3.8) is 0 Å². The van der Waals surface area contributed by atoms with E-state index in [1.165, 1.54) is 0 Å². The molecule has 1 aromatic rings. The van der Waals surface area contributed by atoms with Crippen LogP contribution in [0.1, 0.15) is 25.8 Å². The molecule has 0 aromatic heterocycles. The monoisotopic (exact) mass is 253 g/mol. The molecular weight excluding hydrogens is 230 g/mol. The molecule has 0 saturated heterocycles. The molecule has 0 fully saturated rings. The summed E-state index contributed by atoms with van der Waals surface area (Å²) in [7, 11) is 0. The van der Waals surface area contributed by atoms with Crippen LogP contribution in [0.25, 0.3) is 0 Å². The van der Waals surface area contributed by atoms with Crippen molar-refractivity contribution in [2.75, 3.05) is 19.8 Å². The quantitative estimate of drug-likeness (QED) is 0.662. The van der Waals surface area contributed by atoms with E-state index < -0.39 is 0 Å². The van der Waals surface area contributed by atoms with Crippen LogP contribution in [0.15, 0.2) is 18.2 Å². The molecule has 18 heavy (non-hydrogen) atoms. The Morgan fingerprint density at radius 3 is 2.83 bits per heavy atom. The van der Waals surface area contributed by atoms with Crippen molar-refractivity contribution in [1.82, 2.24) is 5.32 Å². The number of hydrogen-bond acceptors (Lipinski definition) is 4. The van der Waals surface area contributed by atoms with Crippen LogP contribution in [-0.4, -0.2) is 30.0 Å². The summed E-state index contributed by atoms with van der Waals surface area (Å²) in [5.74, 6) is 1.16. The SMILES string of the molecule is CCOc1cc(CNCC(C)CCO)ccc1O. The molecule has 0 amide bonds. The number of rotatable bonds is 8. The standard InChI is InChI=1S/C14H23NO3/c1-3-18-14-8-12(4-5-13(14)17)10-15-9-11(2)6-7-16/h4-5,8,11,15-17H,3,6-7,9-10H2,1-2H3. The van der Waals surface area contributed by atoms with E-state index in [2.05, 4.69) is 12.2 Å². The van der Waals surface area contributed by atoms with Crippen molar-refractivity contribution < 1.29 is 14.9 Å². The van der Waals surface area contributed by atoms with Crippen LogP contribution >= 0.6 is 0 Å². The van der Waals surface area contributed by atoms with Crippen molar-refractivity contribution in [2.45, 2.75) is 26.8 Å². The van der Waals surface area contributed by atoms with E-state index >= 15 is 0 Å². The molecular formula is C14H23NO3. The predicted octanol–water partition coefficient (Wildman–Crippen LogP) is 1.90. The fourth-order valence-corrected chi connectivity index (χ4v) is 1.72. The second-order valence-corrected chi connectivity index (χ2v) is 4.48. The summed E-state index contributed by atoms with van der Waals surface area (Å²) >= 11 is 0. The van der Waals surface area contributed by atoms with Crippen LogP contribution in [0.3, 0.4) is 0 Å². The van der Waals surface area contributed by atoms with Gasteiger partial charge in [0.1, 0.15) is 0 Å². The molecule has 0 aliphatic rings. The van der Waals surface area contributed by atoms with Gasteiger partial charge in [-0.25, -0.2) is 0 Å². The van der Waals surface area contributed by atoms with Gasteiger partial charge in [-0.05, 0) is 43.5 Å². The molecule has 1 unspecified atom stereocenters. The summed E-state index contributed by atoms with van der Waals surface area (Å²) < 4.78 is 5.33. The van der Waals surface area contributed by atoms with Gasteiger partial charge in [0.15, 0.2) is 11.5 Å². The van der Waals surface area contributed by atoms with Crippen molar-refractivity contribution >= 4 is 0 Å². The lowest BCUT2D eigenvalue weighted by Crippen LogP contribution is -2.21. The first-order valence-electron chi connectivity index (χ1n) is 6.43. The topological polar surface area (TPSA) is 61.7 Å². The summed E-state index contributed by atoms with van der Waals surface area (Å²) in [6.45, 7) is 6.36. The van der Waals surface area contributed by atoms with Crippen LogP contribution in [0.4, 0.5) is 0 Å². The number of benzene rings is 1. The van der Waals surface area contributed by atoms with Crippen LogP contribution in [0.2, 0.25) is 0 Å². The molecule has 0 radical (unpaired) electrons. The van der Waals surface area contributed by atoms with Crippen molar-refractivity contribution in [3.05, 3.63) is 23.8 Å². The highest BCUT2D eigenvalue weighted by Gasteiger charge is 2.04. The third-order valence-electron chi connectivity index (χ3n) is 2.77. The zero-order chi connectivity index (χ0) is 13.4. The Morgan fingerprint density at radius 2 is 2.17 bits per heavy atom. The van der Waals surface area contributed by atoms with Gasteiger partial charge in [-0.3, -0.25) is 0 Å². The minimum atomic E-state index is 0.175. The molecule has 4 nitrogen and oxygen atoms in total. The van der Waals surface area contributed by atoms with Gasteiger partial charge in [0.2, 0.25) is 0 Å². The first-order chi connectivity index (χ1) is 8.67. The molecule has 1 rings (SSSR count). The number of aliphatic hydroxyl groups excluding tert-OH is 1. The molecule has 1 aromatic carbocycles. The predicted molar refractivity (Wildman–Crippen MR) is 71.8 cm³/mol. The third kappa shape index (κ3) is 4.94. The normalized spacial score (nSPS) is 12.4. The maximum absolute atomic E-state index is 9.58. The minimum absolute atomic E-state index is 0.175. The van der Waals surface area contributed by atoms with E-state index in [9.17, 15) is 5.11 Å². The number of phenolic OH excluding ortho intramolecular Hbond substituents is 1. The Hall–Kier alpha value is -1.26. The lowest BCUT2D eigenvalue weighted by Gasteiger charge is -2.12. The maximum atomic E-state index is 9.58. The van der Waals surface area contributed by atoms with Gasteiger partial charge < -0.3 is 20.3 Å². The number of aliphatic hydroxyl groups is 1. The Bertz CT molecular complexity index is 355. The molecule has 0 aliphatic carbocycles. The Balaban J connectivity index is 2.44. The van der Waals surface area contributed by atoms with Crippen molar-refractivity contribution in [2.24, 2.45) is 5.92 Å². The Kier molecular flexibility index (Phi) is 6.54. The van der Waals surface area contributed by atoms with Gasteiger partial charge in [0.25, 0.3) is 0 Å². The summed E-state index contributed by atoms with van der Waals surface area (Å²) in [5, 5.41) is 21.7. The molecule has 102 valence electrons. The molecule has 1 atom stereocenters. The van der Waals surface area contributed by atoms with Crippen LogP contribution < -0.4 is 10.1 Å². The van der Waals surface area contributed by atoms with E-state index in [1.807, 2.05) is 19.1 Å². The molecule has 0 aliphatic heterocycles. The third-order valence-corrected chi connectivity index (χ3v) is 2.77. The summed E-state index contributed by atoms with van der Waals surface area (Å²) in [4.78, 5) is 0. The maximum Gasteiger partial charge on any atom is 0.161 e. The number of nitrogens with one attached hydrogen (secondary N) is 1. The summed E-state index contributed by atoms with van der Waals surface area (Å²) in [6, 6.07) is 5.38. The van der Waals surface area contributed by atoms with E-state index in [-0.39, 0.29) is 12.4 Å². The van der Waals surface area contributed by atoms with Crippen LogP contribution in [-0.2, 0) is 6.54 Å². The highest BCUT2D eigenvalue weighted by molar-refractivity contribution is 5.41. The van der Waals surface area contributed by atoms with Gasteiger partial charge in [-0.2, -0.15) is 0 Å². The zero-order valence-corrected chi connectivity index (χ0v) is 11.1. The first-order valence-corrected chi connectivity index (χ1v) is 6.43. The molecule has 0 saturated carbocycles. The van der Waals surface area contributed by atoms with Gasteiger partial charge >= 0.3 is 0 Å². The number of hydrogen-bond donors (Lipinski definition) is 3. The summed E-state index contributed by atoms with van der Waals surface area (Å²) in [5.41, 5.74) is 1.08. The van der Waals surface area contributed by atoms with Gasteiger partial charge in [0, 0.05) is 13.2 Å². The molecule has 0 spiro atoms. The lowest BCUT2D eigenvalue weighted by molar-refractivity contribution is 0.260. The molecule has 0 bridgehead atoms.